The second-order valence-corrected chi connectivity index (χ2v) is 13.6. The SMILES string of the molecule is c1ccc(-c2cccc(-c3ccccc3N(c3ccccc3)c3ccc4c(-c5ccccc5)cc5ccc6nc(-c7ccccc7)oc6c5c4c3)c2)cc1. The summed E-state index contributed by atoms with van der Waals surface area (Å²) in [6, 6.07) is 72.9. The molecule has 1 aromatic heterocycles. The van der Waals surface area contributed by atoms with Gasteiger partial charge in [0.1, 0.15) is 5.52 Å². The Morgan fingerprint density at radius 2 is 1.02 bits per heavy atom. The molecule has 0 bridgehead atoms. The first-order valence-electron chi connectivity index (χ1n) is 18.3. The molecule has 0 saturated carbocycles. The van der Waals surface area contributed by atoms with Crippen LogP contribution in [-0.2, 0) is 0 Å². The van der Waals surface area contributed by atoms with E-state index in [9.17, 15) is 0 Å². The lowest BCUT2D eigenvalue weighted by molar-refractivity contribution is 0.623. The molecule has 9 aromatic carbocycles. The van der Waals surface area contributed by atoms with Gasteiger partial charge in [0, 0.05) is 27.9 Å². The molecule has 0 radical (unpaired) electrons. The number of oxazole rings is 1. The van der Waals surface area contributed by atoms with E-state index < -0.39 is 0 Å². The van der Waals surface area contributed by atoms with Crippen LogP contribution in [0.25, 0.3) is 77.5 Å². The molecule has 1 heterocycles. The van der Waals surface area contributed by atoms with Crippen molar-refractivity contribution in [2.75, 3.05) is 4.90 Å². The monoisotopic (exact) mass is 690 g/mol. The summed E-state index contributed by atoms with van der Waals surface area (Å²) < 4.78 is 6.69. The molecule has 10 rings (SSSR count). The largest absolute Gasteiger partial charge is 0.435 e. The van der Waals surface area contributed by atoms with Crippen LogP contribution in [0.1, 0.15) is 0 Å². The topological polar surface area (TPSA) is 29.3 Å². The average Bonchev–Trinajstić information content (AvgIpc) is 3.70. The predicted molar refractivity (Wildman–Crippen MR) is 225 cm³/mol. The van der Waals surface area contributed by atoms with Crippen molar-refractivity contribution >= 4 is 49.7 Å². The summed E-state index contributed by atoms with van der Waals surface area (Å²) in [5.74, 6) is 0.618. The van der Waals surface area contributed by atoms with E-state index in [-0.39, 0.29) is 0 Å². The van der Waals surface area contributed by atoms with Crippen molar-refractivity contribution in [1.29, 1.82) is 0 Å². The Hall–Kier alpha value is -7.23. The standard InChI is InChI=1S/C51H34N2O/c1-5-16-35(17-6-1)38-22-15-23-39(32-38)43-26-13-14-27-48(43)53(41-24-11-4-12-25-41)42-29-30-44-45(36-18-7-2-8-19-36)33-40-28-31-47-50(49(40)46(44)34-42)54-51(52-47)37-20-9-3-10-21-37/h1-34H. The molecule has 254 valence electrons. The van der Waals surface area contributed by atoms with Crippen LogP contribution in [0.2, 0.25) is 0 Å². The maximum Gasteiger partial charge on any atom is 0.227 e. The van der Waals surface area contributed by atoms with Crippen LogP contribution in [0.5, 0.6) is 0 Å². The van der Waals surface area contributed by atoms with Gasteiger partial charge in [0.15, 0.2) is 5.58 Å². The van der Waals surface area contributed by atoms with Crippen LogP contribution >= 0.6 is 0 Å². The third-order valence-corrected chi connectivity index (χ3v) is 10.3. The zero-order valence-corrected chi connectivity index (χ0v) is 29.4. The van der Waals surface area contributed by atoms with Gasteiger partial charge in [-0.2, -0.15) is 0 Å². The van der Waals surface area contributed by atoms with Crippen LogP contribution < -0.4 is 4.90 Å². The van der Waals surface area contributed by atoms with Crippen molar-refractivity contribution < 1.29 is 4.42 Å². The van der Waals surface area contributed by atoms with E-state index in [1.165, 1.54) is 22.3 Å². The Balaban J connectivity index is 1.23. The van der Waals surface area contributed by atoms with Gasteiger partial charge < -0.3 is 9.32 Å². The molecule has 54 heavy (non-hydrogen) atoms. The molecular formula is C51H34N2O. The van der Waals surface area contributed by atoms with E-state index in [2.05, 4.69) is 181 Å². The molecule has 0 aliphatic rings. The van der Waals surface area contributed by atoms with Crippen LogP contribution in [0.15, 0.2) is 211 Å². The van der Waals surface area contributed by atoms with Crippen molar-refractivity contribution in [3.05, 3.63) is 206 Å². The molecule has 10 aromatic rings. The van der Waals surface area contributed by atoms with E-state index in [1.54, 1.807) is 0 Å². The molecule has 3 nitrogen and oxygen atoms in total. The van der Waals surface area contributed by atoms with Crippen LogP contribution in [-0.4, -0.2) is 4.98 Å². The molecule has 0 unspecified atom stereocenters. The van der Waals surface area contributed by atoms with Gasteiger partial charge in [0.25, 0.3) is 0 Å². The van der Waals surface area contributed by atoms with Gasteiger partial charge in [-0.05, 0) is 105 Å². The Bertz CT molecular complexity index is 2920. The molecule has 0 atom stereocenters. The summed E-state index contributed by atoms with van der Waals surface area (Å²) in [5, 5.41) is 4.41. The predicted octanol–water partition coefficient (Wildman–Crippen LogP) is 14.3. The first-order valence-corrected chi connectivity index (χ1v) is 18.3. The van der Waals surface area contributed by atoms with E-state index in [4.69, 9.17) is 9.40 Å². The second kappa shape index (κ2) is 13.4. The highest BCUT2D eigenvalue weighted by atomic mass is 16.3. The number of hydrogen-bond donors (Lipinski definition) is 0. The molecule has 0 aliphatic heterocycles. The summed E-state index contributed by atoms with van der Waals surface area (Å²) in [6.07, 6.45) is 0. The average molecular weight is 691 g/mol. The van der Waals surface area contributed by atoms with Gasteiger partial charge in [-0.1, -0.05) is 146 Å². The number of fused-ring (bicyclic) bond motifs is 5. The smallest absolute Gasteiger partial charge is 0.227 e. The zero-order chi connectivity index (χ0) is 35.8. The fraction of sp³-hybridized carbons (Fsp3) is 0. The van der Waals surface area contributed by atoms with Gasteiger partial charge >= 0.3 is 0 Å². The van der Waals surface area contributed by atoms with E-state index >= 15 is 0 Å². The van der Waals surface area contributed by atoms with Gasteiger partial charge in [0.05, 0.1) is 5.69 Å². The lowest BCUT2D eigenvalue weighted by Crippen LogP contribution is -2.11. The van der Waals surface area contributed by atoms with Crippen molar-refractivity contribution in [3.8, 4) is 44.8 Å². The molecule has 0 N–H and O–H groups in total. The highest BCUT2D eigenvalue weighted by molar-refractivity contribution is 6.22. The first-order chi connectivity index (χ1) is 26.8. The van der Waals surface area contributed by atoms with E-state index in [1.807, 2.05) is 30.3 Å². The second-order valence-electron chi connectivity index (χ2n) is 13.6. The summed E-state index contributed by atoms with van der Waals surface area (Å²) in [5.41, 5.74) is 12.8. The quantitative estimate of drug-likeness (QED) is 0.156. The zero-order valence-electron chi connectivity index (χ0n) is 29.4. The van der Waals surface area contributed by atoms with Crippen molar-refractivity contribution in [1.82, 2.24) is 4.98 Å². The highest BCUT2D eigenvalue weighted by Gasteiger charge is 2.21. The van der Waals surface area contributed by atoms with Gasteiger partial charge in [-0.25, -0.2) is 4.98 Å². The van der Waals surface area contributed by atoms with E-state index in [0.29, 0.717) is 5.89 Å². The van der Waals surface area contributed by atoms with Crippen molar-refractivity contribution in [2.45, 2.75) is 0 Å². The first kappa shape index (κ1) is 31.5. The number of para-hydroxylation sites is 2. The minimum Gasteiger partial charge on any atom is -0.435 e. The van der Waals surface area contributed by atoms with Gasteiger partial charge in [-0.15, -0.1) is 0 Å². The molecule has 3 heteroatoms. The van der Waals surface area contributed by atoms with Crippen LogP contribution in [0.3, 0.4) is 0 Å². The number of anilines is 3. The molecule has 0 saturated heterocycles. The van der Waals surface area contributed by atoms with Crippen molar-refractivity contribution in [3.63, 3.8) is 0 Å². The summed E-state index contributed by atoms with van der Waals surface area (Å²) in [7, 11) is 0. The molecule has 0 amide bonds. The molecular weight excluding hydrogens is 657 g/mol. The maximum atomic E-state index is 6.69. The van der Waals surface area contributed by atoms with Crippen molar-refractivity contribution in [2.24, 2.45) is 0 Å². The third kappa shape index (κ3) is 5.60. The Labute approximate surface area is 314 Å². The highest BCUT2D eigenvalue weighted by Crippen LogP contribution is 2.45. The van der Waals surface area contributed by atoms with Gasteiger partial charge in [-0.3, -0.25) is 0 Å². The minimum absolute atomic E-state index is 0.618. The fourth-order valence-corrected chi connectivity index (χ4v) is 7.73. The third-order valence-electron chi connectivity index (χ3n) is 10.3. The Morgan fingerprint density at radius 3 is 1.78 bits per heavy atom. The molecule has 0 aliphatic carbocycles. The fourth-order valence-electron chi connectivity index (χ4n) is 7.73. The Morgan fingerprint density at radius 1 is 0.389 bits per heavy atom. The Kier molecular flexibility index (Phi) is 7.81. The van der Waals surface area contributed by atoms with E-state index in [0.717, 1.165) is 66.4 Å². The molecule has 0 fully saturated rings. The lowest BCUT2D eigenvalue weighted by atomic mass is 9.92. The number of aromatic nitrogens is 1. The summed E-state index contributed by atoms with van der Waals surface area (Å²) >= 11 is 0. The normalized spacial score (nSPS) is 11.3. The molecule has 0 spiro atoms. The number of hydrogen-bond acceptors (Lipinski definition) is 3. The maximum absolute atomic E-state index is 6.69. The number of nitrogens with zero attached hydrogens (tertiary/aromatic N) is 2. The van der Waals surface area contributed by atoms with Gasteiger partial charge in [0.2, 0.25) is 5.89 Å². The summed E-state index contributed by atoms with van der Waals surface area (Å²) in [6.45, 7) is 0. The lowest BCUT2D eigenvalue weighted by Gasteiger charge is -2.28. The van der Waals surface area contributed by atoms with Crippen LogP contribution in [0.4, 0.5) is 17.1 Å². The number of benzene rings is 9. The summed E-state index contributed by atoms with van der Waals surface area (Å²) in [4.78, 5) is 7.35. The number of rotatable bonds is 7. The minimum atomic E-state index is 0.618. The van der Waals surface area contributed by atoms with Crippen LogP contribution in [0, 0.1) is 0 Å².